The topological polar surface area (TPSA) is 60.7 Å². The Morgan fingerprint density at radius 1 is 1.14 bits per heavy atom. The van der Waals surface area contributed by atoms with E-state index >= 15 is 0 Å². The van der Waals surface area contributed by atoms with E-state index in [1.807, 2.05) is 0 Å². The van der Waals surface area contributed by atoms with E-state index in [-0.39, 0.29) is 0 Å². The SMILES string of the molecule is OB(O)O.[Br][Ni][Br]. The summed E-state index contributed by atoms with van der Waals surface area (Å²) < 4.78 is 0. The van der Waals surface area contributed by atoms with Gasteiger partial charge in [-0.15, -0.1) is 0 Å². The molecule has 7 heavy (non-hydrogen) atoms. The van der Waals surface area contributed by atoms with Gasteiger partial charge >= 0.3 is 46.7 Å². The fraction of sp³-hybridized carbons (Fsp3) is 0. The average Bonchev–Trinajstić information content (AvgIpc) is 1.33. The normalized spacial score (nSPS) is 7.00. The summed E-state index contributed by atoms with van der Waals surface area (Å²) in [6.45, 7) is 0. The van der Waals surface area contributed by atoms with Crippen LogP contribution in [0.15, 0.2) is 0 Å². The van der Waals surface area contributed by atoms with E-state index in [1.165, 1.54) is 10.9 Å². The Hall–Kier alpha value is 1.40. The molecule has 7 heteroatoms. The Morgan fingerprint density at radius 3 is 1.14 bits per heavy atom. The molecule has 0 amide bonds. The maximum atomic E-state index is 7.17. The van der Waals surface area contributed by atoms with Crippen molar-refractivity contribution in [1.29, 1.82) is 0 Å². The molecule has 0 aromatic carbocycles. The zero-order valence-electron chi connectivity index (χ0n) is 2.99. The summed E-state index contributed by atoms with van der Waals surface area (Å²) in [7, 11) is -0.917. The van der Waals surface area contributed by atoms with Crippen molar-refractivity contribution in [1.82, 2.24) is 0 Å². The Kier molecular flexibility index (Phi) is 16.7. The van der Waals surface area contributed by atoms with Gasteiger partial charge in [-0.3, -0.25) is 0 Å². The molecule has 0 rings (SSSR count). The van der Waals surface area contributed by atoms with Crippen molar-refractivity contribution in [2.45, 2.75) is 0 Å². The van der Waals surface area contributed by atoms with Gasteiger partial charge in [0, 0.05) is 0 Å². The number of hydrogen-bond donors (Lipinski definition) is 3. The summed E-state index contributed by atoms with van der Waals surface area (Å²) in [5.74, 6) is 0. The second-order valence-electron chi connectivity index (χ2n) is 0.392. The molecule has 3 nitrogen and oxygen atoms in total. The van der Waals surface area contributed by atoms with Crippen molar-refractivity contribution in [2.75, 3.05) is 0 Å². The van der Waals surface area contributed by atoms with Gasteiger partial charge in [-0.25, -0.2) is 0 Å². The summed E-state index contributed by atoms with van der Waals surface area (Å²) in [5, 5.41) is 21.5. The first-order valence-electron chi connectivity index (χ1n) is 1.01. The monoisotopic (exact) mass is 278 g/mol. The summed E-state index contributed by atoms with van der Waals surface area (Å²) in [4.78, 5) is 0. The van der Waals surface area contributed by atoms with Gasteiger partial charge in [0.2, 0.25) is 0 Å². The van der Waals surface area contributed by atoms with E-state index in [0.29, 0.717) is 0 Å². The molecule has 0 radical (unpaired) electrons. The molecule has 0 unspecified atom stereocenters. The Morgan fingerprint density at radius 2 is 1.14 bits per heavy atom. The Bertz CT molecular complexity index is 24.1. The first-order chi connectivity index (χ1) is 3.15. The van der Waals surface area contributed by atoms with Crippen LogP contribution < -0.4 is 0 Å². The summed E-state index contributed by atoms with van der Waals surface area (Å²) in [6, 6.07) is 0. The van der Waals surface area contributed by atoms with Gasteiger partial charge in [-0.05, 0) is 0 Å². The summed E-state index contributed by atoms with van der Waals surface area (Å²) in [5.41, 5.74) is 0. The van der Waals surface area contributed by atoms with E-state index in [4.69, 9.17) is 15.1 Å². The van der Waals surface area contributed by atoms with Crippen LogP contribution in [0.25, 0.3) is 0 Å². The predicted octanol–water partition coefficient (Wildman–Crippen LogP) is -0.363. The quantitative estimate of drug-likeness (QED) is 0.531. The third-order valence-electron chi connectivity index (χ3n) is 0. The molecule has 3 N–H and O–H groups in total. The van der Waals surface area contributed by atoms with Gasteiger partial charge in [0.25, 0.3) is 0 Å². The van der Waals surface area contributed by atoms with Crippen molar-refractivity contribution in [3.05, 3.63) is 0 Å². The third-order valence-corrected chi connectivity index (χ3v) is 0. The van der Waals surface area contributed by atoms with E-state index in [0.717, 1.165) is 0 Å². The van der Waals surface area contributed by atoms with Crippen molar-refractivity contribution in [3.8, 4) is 0 Å². The predicted molar refractivity (Wildman–Crippen MR) is 30.3 cm³/mol. The molecule has 0 saturated carbocycles. The van der Waals surface area contributed by atoms with Gasteiger partial charge in [0.15, 0.2) is 0 Å². The minimum absolute atomic E-state index is 1.25. The van der Waals surface area contributed by atoms with Crippen LogP contribution in [0.1, 0.15) is 0 Å². The number of halogens is 2. The van der Waals surface area contributed by atoms with Crippen LogP contribution >= 0.6 is 28.5 Å². The van der Waals surface area contributed by atoms with Crippen molar-refractivity contribution >= 4 is 35.8 Å². The average molecular weight is 280 g/mol. The fourth-order valence-corrected chi connectivity index (χ4v) is 0. The molecule has 0 aromatic heterocycles. The first kappa shape index (κ1) is 11.2. The van der Waals surface area contributed by atoms with Crippen LogP contribution in [0.2, 0.25) is 0 Å². The van der Waals surface area contributed by atoms with Crippen molar-refractivity contribution < 1.29 is 26.0 Å². The number of rotatable bonds is 0. The molecule has 48 valence electrons. The second kappa shape index (κ2) is 10.4. The molecule has 0 bridgehead atoms. The van der Waals surface area contributed by atoms with Crippen LogP contribution in [0.4, 0.5) is 0 Å². The standard InChI is InChI=1S/BH3O3.2BrH.Ni/c2-1(3)4;;;/h2-4H;2*1H;/q;;;+2/p-2. The van der Waals surface area contributed by atoms with Gasteiger partial charge in [-0.1, -0.05) is 0 Å². The zero-order chi connectivity index (χ0) is 6.28. The van der Waals surface area contributed by atoms with Gasteiger partial charge in [0.1, 0.15) is 0 Å². The first-order valence-corrected chi connectivity index (χ1v) is 5.90. The van der Waals surface area contributed by atoms with Gasteiger partial charge in [0.05, 0.1) is 0 Å². The molecule has 0 spiro atoms. The van der Waals surface area contributed by atoms with Crippen LogP contribution in [0, 0.1) is 0 Å². The van der Waals surface area contributed by atoms with Gasteiger partial charge < -0.3 is 15.1 Å². The van der Waals surface area contributed by atoms with E-state index < -0.39 is 7.32 Å². The van der Waals surface area contributed by atoms with E-state index in [2.05, 4.69) is 28.5 Å². The molecule has 0 atom stereocenters. The third kappa shape index (κ3) is 110. The Balaban J connectivity index is 0. The zero-order valence-corrected chi connectivity index (χ0v) is 7.15. The van der Waals surface area contributed by atoms with E-state index in [9.17, 15) is 0 Å². The van der Waals surface area contributed by atoms with Crippen molar-refractivity contribution in [3.63, 3.8) is 0 Å². The van der Waals surface area contributed by atoms with Crippen LogP contribution in [0.3, 0.4) is 0 Å². The molecule has 0 fully saturated rings. The summed E-state index contributed by atoms with van der Waals surface area (Å²) >= 11 is 6.00. The Labute approximate surface area is 61.7 Å². The van der Waals surface area contributed by atoms with Crippen LogP contribution in [-0.2, 0) is 10.9 Å². The molecule has 0 saturated heterocycles. The van der Waals surface area contributed by atoms with Crippen LogP contribution in [0.5, 0.6) is 0 Å². The molecule has 0 aromatic rings. The molecule has 0 aliphatic carbocycles. The summed E-state index contributed by atoms with van der Waals surface area (Å²) in [6.07, 6.45) is 0. The molecule has 0 aliphatic rings. The fourth-order valence-electron chi connectivity index (χ4n) is 0. The number of hydrogen-bond acceptors (Lipinski definition) is 3. The maximum absolute atomic E-state index is 7.17. The van der Waals surface area contributed by atoms with E-state index in [1.54, 1.807) is 0 Å². The van der Waals surface area contributed by atoms with Crippen molar-refractivity contribution in [2.24, 2.45) is 0 Å². The minimum atomic E-state index is -2.17. The van der Waals surface area contributed by atoms with Crippen LogP contribution in [-0.4, -0.2) is 22.4 Å². The second-order valence-corrected chi connectivity index (χ2v) is 5.38. The van der Waals surface area contributed by atoms with Gasteiger partial charge in [-0.2, -0.15) is 0 Å². The molecular weight excluding hydrogens is 277 g/mol. The molecule has 0 heterocycles. The molecular formula is H3BBr2NiO3. The molecule has 0 aliphatic heterocycles.